The van der Waals surface area contributed by atoms with Crippen molar-refractivity contribution in [3.63, 3.8) is 0 Å². The summed E-state index contributed by atoms with van der Waals surface area (Å²) in [5.74, 6) is 1.49. The number of rotatable bonds is 7. The van der Waals surface area contributed by atoms with Gasteiger partial charge in [0.25, 0.3) is 0 Å². The molecule has 0 aliphatic rings. The van der Waals surface area contributed by atoms with E-state index < -0.39 is 0 Å². The summed E-state index contributed by atoms with van der Waals surface area (Å²) in [4.78, 5) is 14.0. The number of hydrogen-bond donors (Lipinski definition) is 1. The Morgan fingerprint density at radius 3 is 2.61 bits per heavy atom. The summed E-state index contributed by atoms with van der Waals surface area (Å²) in [6.07, 6.45) is 1.02. The SMILES string of the molecule is CCC(C)N(C)CC(=O)NCc1ccc(-c2ccc(Cl)cc2)o1. The molecule has 23 heavy (non-hydrogen) atoms. The van der Waals surface area contributed by atoms with Crippen molar-refractivity contribution in [2.45, 2.75) is 32.9 Å². The summed E-state index contributed by atoms with van der Waals surface area (Å²) in [5.41, 5.74) is 0.962. The zero-order valence-corrected chi connectivity index (χ0v) is 14.6. The van der Waals surface area contributed by atoms with E-state index in [1.54, 1.807) is 0 Å². The Bertz CT molecular complexity index is 637. The Hall–Kier alpha value is -1.78. The molecule has 1 N–H and O–H groups in total. The van der Waals surface area contributed by atoms with Crippen LogP contribution in [0.2, 0.25) is 5.02 Å². The predicted octanol–water partition coefficient (Wildman–Crippen LogP) is 3.95. The highest BCUT2D eigenvalue weighted by atomic mass is 35.5. The van der Waals surface area contributed by atoms with Gasteiger partial charge in [0.05, 0.1) is 13.1 Å². The Labute approximate surface area is 142 Å². The number of nitrogens with zero attached hydrogens (tertiary/aromatic N) is 1. The van der Waals surface area contributed by atoms with Crippen molar-refractivity contribution >= 4 is 17.5 Å². The lowest BCUT2D eigenvalue weighted by Crippen LogP contribution is -2.38. The summed E-state index contributed by atoms with van der Waals surface area (Å²) < 4.78 is 5.76. The summed E-state index contributed by atoms with van der Waals surface area (Å²) in [6.45, 7) is 5.00. The standard InChI is InChI=1S/C18H23ClN2O2/c1-4-13(2)21(3)12-18(22)20-11-16-9-10-17(23-16)14-5-7-15(19)8-6-14/h5-10,13H,4,11-12H2,1-3H3,(H,20,22). The minimum Gasteiger partial charge on any atom is -0.459 e. The van der Waals surface area contributed by atoms with Crippen LogP contribution < -0.4 is 5.32 Å². The number of furan rings is 1. The minimum absolute atomic E-state index is 0.00255. The maximum atomic E-state index is 12.0. The number of hydrogen-bond acceptors (Lipinski definition) is 3. The normalized spacial score (nSPS) is 12.4. The van der Waals surface area contributed by atoms with Gasteiger partial charge in [-0.2, -0.15) is 0 Å². The zero-order valence-electron chi connectivity index (χ0n) is 13.8. The Morgan fingerprint density at radius 1 is 1.26 bits per heavy atom. The molecule has 0 radical (unpaired) electrons. The van der Waals surface area contributed by atoms with Gasteiger partial charge in [0, 0.05) is 16.6 Å². The van der Waals surface area contributed by atoms with Gasteiger partial charge in [-0.1, -0.05) is 18.5 Å². The predicted molar refractivity (Wildman–Crippen MR) is 93.4 cm³/mol. The first-order valence-electron chi connectivity index (χ1n) is 7.81. The minimum atomic E-state index is -0.00255. The first-order chi connectivity index (χ1) is 11.0. The van der Waals surface area contributed by atoms with Crippen LogP contribution in [0.4, 0.5) is 0 Å². The highest BCUT2D eigenvalue weighted by molar-refractivity contribution is 6.30. The lowest BCUT2D eigenvalue weighted by atomic mass is 10.2. The fourth-order valence-corrected chi connectivity index (χ4v) is 2.30. The largest absolute Gasteiger partial charge is 0.459 e. The molecule has 0 saturated carbocycles. The molecule has 0 bridgehead atoms. The number of amides is 1. The molecule has 1 atom stereocenters. The molecule has 1 unspecified atom stereocenters. The fraction of sp³-hybridized carbons (Fsp3) is 0.389. The van der Waals surface area contributed by atoms with Crippen molar-refractivity contribution in [1.82, 2.24) is 10.2 Å². The van der Waals surface area contributed by atoms with Gasteiger partial charge in [-0.25, -0.2) is 0 Å². The summed E-state index contributed by atoms with van der Waals surface area (Å²) in [7, 11) is 1.96. The van der Waals surface area contributed by atoms with Gasteiger partial charge in [-0.3, -0.25) is 9.69 Å². The first-order valence-corrected chi connectivity index (χ1v) is 8.19. The van der Waals surface area contributed by atoms with Crippen molar-refractivity contribution < 1.29 is 9.21 Å². The topological polar surface area (TPSA) is 45.5 Å². The molecule has 1 aromatic heterocycles. The molecule has 0 spiro atoms. The lowest BCUT2D eigenvalue weighted by Gasteiger charge is -2.22. The number of carbonyl (C=O) groups excluding carboxylic acids is 1. The number of nitrogens with one attached hydrogen (secondary N) is 1. The number of benzene rings is 1. The molecule has 124 valence electrons. The van der Waals surface area contributed by atoms with Crippen LogP contribution >= 0.6 is 11.6 Å². The summed E-state index contributed by atoms with van der Waals surface area (Å²) in [6, 6.07) is 11.6. The van der Waals surface area contributed by atoms with Crippen LogP contribution in [-0.4, -0.2) is 30.4 Å². The molecule has 2 rings (SSSR count). The smallest absolute Gasteiger partial charge is 0.234 e. The summed E-state index contributed by atoms with van der Waals surface area (Å²) in [5, 5.41) is 3.58. The van der Waals surface area contributed by atoms with Crippen LogP contribution in [0.15, 0.2) is 40.8 Å². The third-order valence-electron chi connectivity index (χ3n) is 3.99. The molecule has 0 aliphatic heterocycles. The lowest BCUT2D eigenvalue weighted by molar-refractivity contribution is -0.122. The van der Waals surface area contributed by atoms with E-state index in [2.05, 4.69) is 19.2 Å². The van der Waals surface area contributed by atoms with E-state index in [1.165, 1.54) is 0 Å². The number of carbonyl (C=O) groups is 1. The monoisotopic (exact) mass is 334 g/mol. The molecular weight excluding hydrogens is 312 g/mol. The Kier molecular flexibility index (Phi) is 6.25. The van der Waals surface area contributed by atoms with E-state index in [0.717, 1.165) is 23.5 Å². The van der Waals surface area contributed by atoms with Gasteiger partial charge in [0.2, 0.25) is 5.91 Å². The molecule has 1 amide bonds. The highest BCUT2D eigenvalue weighted by Crippen LogP contribution is 2.23. The molecule has 0 saturated heterocycles. The Balaban J connectivity index is 1.87. The van der Waals surface area contributed by atoms with E-state index in [1.807, 2.05) is 48.3 Å². The second-order valence-electron chi connectivity index (χ2n) is 5.72. The molecule has 1 heterocycles. The van der Waals surface area contributed by atoms with Crippen molar-refractivity contribution in [3.05, 3.63) is 47.2 Å². The molecule has 2 aromatic rings. The van der Waals surface area contributed by atoms with Gasteiger partial charge < -0.3 is 9.73 Å². The molecule has 1 aromatic carbocycles. The van der Waals surface area contributed by atoms with Crippen LogP contribution in [0.1, 0.15) is 26.0 Å². The van der Waals surface area contributed by atoms with Crippen molar-refractivity contribution in [1.29, 1.82) is 0 Å². The van der Waals surface area contributed by atoms with Gasteiger partial charge in [0.15, 0.2) is 0 Å². The van der Waals surface area contributed by atoms with E-state index in [9.17, 15) is 4.79 Å². The summed E-state index contributed by atoms with van der Waals surface area (Å²) >= 11 is 5.88. The first kappa shape index (κ1) is 17.6. The molecule has 4 nitrogen and oxygen atoms in total. The van der Waals surface area contributed by atoms with Gasteiger partial charge in [-0.05, 0) is 56.8 Å². The zero-order chi connectivity index (χ0) is 16.8. The Morgan fingerprint density at radius 2 is 1.96 bits per heavy atom. The average molecular weight is 335 g/mol. The molecular formula is C18H23ClN2O2. The number of halogens is 1. The molecule has 5 heteroatoms. The van der Waals surface area contributed by atoms with Crippen LogP contribution in [0.25, 0.3) is 11.3 Å². The third-order valence-corrected chi connectivity index (χ3v) is 4.24. The van der Waals surface area contributed by atoms with Crippen molar-refractivity contribution in [2.24, 2.45) is 0 Å². The van der Waals surface area contributed by atoms with E-state index in [-0.39, 0.29) is 5.91 Å². The number of likely N-dealkylation sites (N-methyl/N-ethyl adjacent to an activating group) is 1. The quantitative estimate of drug-likeness (QED) is 0.834. The van der Waals surface area contributed by atoms with E-state index in [0.29, 0.717) is 24.2 Å². The van der Waals surface area contributed by atoms with Crippen LogP contribution in [0, 0.1) is 0 Å². The fourth-order valence-electron chi connectivity index (χ4n) is 2.18. The molecule has 0 aliphatic carbocycles. The van der Waals surface area contributed by atoms with Crippen LogP contribution in [-0.2, 0) is 11.3 Å². The second-order valence-corrected chi connectivity index (χ2v) is 6.16. The van der Waals surface area contributed by atoms with E-state index >= 15 is 0 Å². The van der Waals surface area contributed by atoms with Gasteiger partial charge in [-0.15, -0.1) is 0 Å². The maximum absolute atomic E-state index is 12.0. The van der Waals surface area contributed by atoms with Crippen LogP contribution in [0.5, 0.6) is 0 Å². The van der Waals surface area contributed by atoms with Crippen molar-refractivity contribution in [3.8, 4) is 11.3 Å². The van der Waals surface area contributed by atoms with Crippen molar-refractivity contribution in [2.75, 3.05) is 13.6 Å². The third kappa shape index (κ3) is 5.12. The maximum Gasteiger partial charge on any atom is 0.234 e. The second kappa shape index (κ2) is 8.18. The average Bonchev–Trinajstić information content (AvgIpc) is 3.01. The van der Waals surface area contributed by atoms with Gasteiger partial charge in [0.1, 0.15) is 11.5 Å². The van der Waals surface area contributed by atoms with Crippen LogP contribution in [0.3, 0.4) is 0 Å². The van der Waals surface area contributed by atoms with Gasteiger partial charge >= 0.3 is 0 Å². The van der Waals surface area contributed by atoms with E-state index in [4.69, 9.17) is 16.0 Å². The molecule has 0 fully saturated rings. The highest BCUT2D eigenvalue weighted by Gasteiger charge is 2.12.